The second-order valence-electron chi connectivity index (χ2n) is 9.78. The fraction of sp³-hybridized carbons (Fsp3) is 0.0789. The molecular weight excluding hydrogens is 707 g/mol. The molecule has 0 bridgehead atoms. The van der Waals surface area contributed by atoms with E-state index in [0.717, 1.165) is 38.6 Å². The van der Waals surface area contributed by atoms with E-state index < -0.39 is 20.6 Å². The number of aromatic nitrogens is 2. The summed E-state index contributed by atoms with van der Waals surface area (Å²) < 4.78 is 72.9. The van der Waals surface area contributed by atoms with Crippen LogP contribution in [0.5, 0.6) is 0 Å². The first-order valence-corrected chi connectivity index (χ1v) is 13.0. The number of hydrogen-bond acceptors (Lipinski definition) is 4. The van der Waals surface area contributed by atoms with Gasteiger partial charge in [0.15, 0.2) is 0 Å². The molecule has 0 saturated carbocycles. The summed E-state index contributed by atoms with van der Waals surface area (Å²) in [6.07, 6.45) is 2.84. The van der Waals surface area contributed by atoms with Crippen molar-refractivity contribution in [3.8, 4) is 17.3 Å². The maximum atomic E-state index is 9.16. The van der Waals surface area contributed by atoms with E-state index >= 15 is 0 Å². The van der Waals surface area contributed by atoms with Crippen molar-refractivity contribution in [2.75, 3.05) is 0 Å². The Morgan fingerprint density at radius 1 is 0.791 bits per heavy atom. The zero-order chi connectivity index (χ0) is 36.3. The Hall–Kier alpha value is -4.88. The minimum atomic E-state index is -2.61. The van der Waals surface area contributed by atoms with Crippen molar-refractivity contribution < 1.29 is 36.9 Å². The fourth-order valence-electron chi connectivity index (χ4n) is 5.18. The predicted molar refractivity (Wildman–Crippen MR) is 170 cm³/mol. The van der Waals surface area contributed by atoms with Gasteiger partial charge in [-0.25, -0.2) is 0 Å². The second-order valence-corrected chi connectivity index (χ2v) is 9.78. The van der Waals surface area contributed by atoms with Gasteiger partial charge in [-0.2, -0.15) is 5.26 Å². The molecule has 0 atom stereocenters. The number of rotatable bonds is 1. The molecule has 0 fully saturated rings. The molecule has 1 radical (unpaired) electrons. The molecule has 8 aromatic rings. The number of nitriles is 1. The van der Waals surface area contributed by atoms with Crippen molar-refractivity contribution in [3.05, 3.63) is 132 Å². The van der Waals surface area contributed by atoms with Crippen LogP contribution in [0, 0.1) is 44.0 Å². The van der Waals surface area contributed by atoms with Crippen LogP contribution in [0.3, 0.4) is 0 Å². The summed E-state index contributed by atoms with van der Waals surface area (Å²) in [4.78, 5) is 8.63. The van der Waals surface area contributed by atoms with Crippen LogP contribution < -0.4 is 0 Å². The van der Waals surface area contributed by atoms with Crippen LogP contribution in [0.2, 0.25) is 0 Å². The molecular formula is C38H25IrN3O-2. The van der Waals surface area contributed by atoms with Crippen molar-refractivity contribution >= 4 is 54.4 Å². The first-order chi connectivity index (χ1) is 24.1. The van der Waals surface area contributed by atoms with Gasteiger partial charge >= 0.3 is 0 Å². The van der Waals surface area contributed by atoms with Gasteiger partial charge in [-0.15, -0.1) is 46.8 Å². The van der Waals surface area contributed by atoms with Gasteiger partial charge in [-0.3, -0.25) is 0 Å². The van der Waals surface area contributed by atoms with Gasteiger partial charge < -0.3 is 14.4 Å². The van der Waals surface area contributed by atoms with Crippen LogP contribution >= 0.6 is 0 Å². The van der Waals surface area contributed by atoms with E-state index in [1.807, 2.05) is 24.4 Å². The summed E-state index contributed by atoms with van der Waals surface area (Å²) in [6, 6.07) is 33.8. The smallest absolute Gasteiger partial charge is 0.125 e. The Morgan fingerprint density at radius 3 is 2.40 bits per heavy atom. The van der Waals surface area contributed by atoms with E-state index in [9.17, 15) is 0 Å². The Kier molecular flexibility index (Phi) is 5.13. The molecule has 8 rings (SSSR count). The number of aryl methyl sites for hydroxylation is 3. The average molecular weight is 741 g/mol. The second kappa shape index (κ2) is 11.4. The van der Waals surface area contributed by atoms with Gasteiger partial charge in [0, 0.05) is 44.8 Å². The molecule has 5 heteroatoms. The van der Waals surface area contributed by atoms with Gasteiger partial charge in [0.1, 0.15) is 5.58 Å². The zero-order valence-electron chi connectivity index (χ0n) is 31.3. The Balaban J connectivity index is 0.000000177. The largest absolute Gasteiger partial charge is 0.476 e. The summed E-state index contributed by atoms with van der Waals surface area (Å²) in [5.74, 6) is 0. The molecule has 5 aromatic carbocycles. The number of fused-ring (bicyclic) bond motifs is 9. The third kappa shape index (κ3) is 5.06. The summed E-state index contributed by atoms with van der Waals surface area (Å²) >= 11 is 0. The first-order valence-electron chi connectivity index (χ1n) is 17.5. The summed E-state index contributed by atoms with van der Waals surface area (Å²) in [5.41, 5.74) is 2.96. The molecule has 43 heavy (non-hydrogen) atoms. The zero-order valence-corrected chi connectivity index (χ0v) is 24.7. The molecule has 0 N–H and O–H groups in total. The van der Waals surface area contributed by atoms with Crippen LogP contribution in [0.25, 0.3) is 65.6 Å². The Morgan fingerprint density at radius 2 is 1.63 bits per heavy atom. The molecule has 0 aliphatic heterocycles. The van der Waals surface area contributed by atoms with Crippen LogP contribution in [0.15, 0.2) is 102 Å². The first kappa shape index (κ1) is 19.3. The quantitative estimate of drug-likeness (QED) is 0.124. The van der Waals surface area contributed by atoms with E-state index in [2.05, 4.69) is 64.6 Å². The van der Waals surface area contributed by atoms with Gasteiger partial charge in [0.25, 0.3) is 0 Å². The summed E-state index contributed by atoms with van der Waals surface area (Å²) in [6.45, 7) is -7.47. The minimum Gasteiger partial charge on any atom is -0.476 e. The molecule has 0 saturated heterocycles. The number of furan rings is 1. The molecule has 209 valence electrons. The molecule has 3 aromatic heterocycles. The van der Waals surface area contributed by atoms with Crippen molar-refractivity contribution in [2.45, 2.75) is 20.6 Å². The molecule has 0 aliphatic carbocycles. The van der Waals surface area contributed by atoms with E-state index in [4.69, 9.17) is 22.0 Å². The van der Waals surface area contributed by atoms with Crippen molar-refractivity contribution in [1.82, 2.24) is 9.97 Å². The van der Waals surface area contributed by atoms with Crippen LogP contribution in [-0.2, 0) is 20.1 Å². The standard InChI is InChI=1S/C24H11N2O.C14H14N.Ir/c25-13-14-7-8-17-20-11-19-16-5-2-1-4-15(16)18-6-3-9-26-24(18)21(19)12-23(20)27-22(17)10-14;1-10-4-6-13(7-5-10)14-8-11(2)12(3)9-15-14;/h1-11H;4-6,8-9H,1-3H3;/q2*-1;/i;1D3,2D3,3D3;. The van der Waals surface area contributed by atoms with Crippen molar-refractivity contribution in [3.63, 3.8) is 0 Å². The van der Waals surface area contributed by atoms with Gasteiger partial charge in [-0.1, -0.05) is 77.1 Å². The fourth-order valence-corrected chi connectivity index (χ4v) is 5.18. The average Bonchev–Trinajstić information content (AvgIpc) is 3.46. The summed E-state index contributed by atoms with van der Waals surface area (Å²) in [7, 11) is 0. The van der Waals surface area contributed by atoms with E-state index in [-0.39, 0.29) is 42.5 Å². The molecule has 0 aliphatic rings. The minimum absolute atomic E-state index is 0. The third-order valence-corrected chi connectivity index (χ3v) is 7.20. The maximum absolute atomic E-state index is 9.16. The van der Waals surface area contributed by atoms with Crippen LogP contribution in [0.1, 0.15) is 34.6 Å². The topological polar surface area (TPSA) is 62.7 Å². The number of pyridine rings is 2. The van der Waals surface area contributed by atoms with Gasteiger partial charge in [-0.05, 0) is 64.8 Å². The van der Waals surface area contributed by atoms with Crippen molar-refractivity contribution in [2.24, 2.45) is 0 Å². The van der Waals surface area contributed by atoms with Gasteiger partial charge in [0.2, 0.25) is 0 Å². The SMILES string of the molecule is N#Cc1ccc2c(c1)oc1[c-]c3c(cc12)c1ccccc1c1cccnc31.[2H]C([2H])([2H])c1c[c-]c(-c2cc(C([2H])([2H])[2H])c(C([2H])([2H])[2H])cn2)cc1.[Ir]. The Bertz CT molecular complexity index is 2670. The molecule has 0 unspecified atom stereocenters. The van der Waals surface area contributed by atoms with Crippen LogP contribution in [0.4, 0.5) is 0 Å². The van der Waals surface area contributed by atoms with E-state index in [1.54, 1.807) is 6.07 Å². The summed E-state index contributed by atoms with van der Waals surface area (Å²) in [5, 5.41) is 16.7. The molecule has 4 nitrogen and oxygen atoms in total. The normalized spacial score (nSPS) is 14.9. The van der Waals surface area contributed by atoms with E-state index in [0.29, 0.717) is 22.3 Å². The van der Waals surface area contributed by atoms with Crippen molar-refractivity contribution in [1.29, 1.82) is 5.26 Å². The number of hydrogen-bond donors (Lipinski definition) is 0. The van der Waals surface area contributed by atoms with E-state index in [1.165, 1.54) is 35.0 Å². The molecule has 0 amide bonds. The third-order valence-electron chi connectivity index (χ3n) is 7.20. The number of nitrogens with zero attached hydrogens (tertiary/aromatic N) is 3. The monoisotopic (exact) mass is 741 g/mol. The predicted octanol–water partition coefficient (Wildman–Crippen LogP) is 9.58. The number of benzene rings is 5. The molecule has 0 spiro atoms. The van der Waals surface area contributed by atoms with Gasteiger partial charge in [0.05, 0.1) is 17.2 Å². The van der Waals surface area contributed by atoms with Crippen LogP contribution in [-0.4, -0.2) is 9.97 Å². The molecule has 3 heterocycles. The maximum Gasteiger partial charge on any atom is 0.125 e. The Labute approximate surface area is 275 Å².